The molecule has 0 aliphatic rings. The second-order valence-corrected chi connectivity index (χ2v) is 5.03. The molecule has 2 nitrogen and oxygen atoms in total. The maximum atomic E-state index is 12.5. The van der Waals surface area contributed by atoms with E-state index in [1.807, 2.05) is 61.5 Å². The molecule has 0 radical (unpaired) electrons. The molecule has 0 N–H and O–H groups in total. The second kappa shape index (κ2) is 6.00. The summed E-state index contributed by atoms with van der Waals surface area (Å²) in [6.45, 7) is 2.65. The molecular formula is C15H14INO. The number of para-hydroxylation sites is 1. The largest absolute Gasteiger partial charge is 0.308 e. The second-order valence-electron chi connectivity index (χ2n) is 3.87. The monoisotopic (exact) mass is 351 g/mol. The first-order valence-corrected chi connectivity index (χ1v) is 6.93. The van der Waals surface area contributed by atoms with Gasteiger partial charge in [0.15, 0.2) is 0 Å². The van der Waals surface area contributed by atoms with Gasteiger partial charge in [0.1, 0.15) is 0 Å². The highest BCUT2D eigenvalue weighted by molar-refractivity contribution is 14.1. The molecule has 18 heavy (non-hydrogen) atoms. The average molecular weight is 351 g/mol. The third-order valence-corrected chi connectivity index (χ3v) is 3.64. The summed E-state index contributed by atoms with van der Waals surface area (Å²) in [5.41, 5.74) is 1.69. The number of rotatable bonds is 3. The van der Waals surface area contributed by atoms with Crippen molar-refractivity contribution >= 4 is 34.2 Å². The van der Waals surface area contributed by atoms with Gasteiger partial charge in [0.05, 0.1) is 5.69 Å². The highest BCUT2D eigenvalue weighted by atomic mass is 127. The van der Waals surface area contributed by atoms with E-state index in [1.165, 1.54) is 0 Å². The molecule has 0 bridgehead atoms. The van der Waals surface area contributed by atoms with Crippen molar-refractivity contribution in [2.45, 2.75) is 6.92 Å². The Morgan fingerprint density at radius 2 is 1.67 bits per heavy atom. The van der Waals surface area contributed by atoms with E-state index in [2.05, 4.69) is 22.6 Å². The van der Waals surface area contributed by atoms with Crippen LogP contribution in [0.4, 0.5) is 5.69 Å². The van der Waals surface area contributed by atoms with Gasteiger partial charge in [-0.3, -0.25) is 4.79 Å². The summed E-state index contributed by atoms with van der Waals surface area (Å²) in [4.78, 5) is 14.3. The Hall–Kier alpha value is -1.36. The van der Waals surface area contributed by atoms with Crippen LogP contribution in [0, 0.1) is 3.57 Å². The van der Waals surface area contributed by atoms with Crippen LogP contribution in [0.5, 0.6) is 0 Å². The quantitative estimate of drug-likeness (QED) is 0.767. The zero-order chi connectivity index (χ0) is 13.0. The molecule has 2 rings (SSSR count). The molecule has 1 amide bonds. The first-order valence-electron chi connectivity index (χ1n) is 5.85. The molecule has 0 heterocycles. The molecule has 2 aromatic carbocycles. The molecule has 2 aromatic rings. The molecule has 0 aliphatic heterocycles. The predicted octanol–water partition coefficient (Wildman–Crippen LogP) is 3.96. The molecule has 0 spiro atoms. The number of amides is 1. The first-order chi connectivity index (χ1) is 8.74. The van der Waals surface area contributed by atoms with E-state index < -0.39 is 0 Å². The third-order valence-electron chi connectivity index (χ3n) is 2.73. The van der Waals surface area contributed by atoms with Crippen molar-refractivity contribution in [2.24, 2.45) is 0 Å². The fraction of sp³-hybridized carbons (Fsp3) is 0.133. The Bertz CT molecular complexity index is 539. The Labute approximate surface area is 121 Å². The van der Waals surface area contributed by atoms with Crippen molar-refractivity contribution < 1.29 is 4.79 Å². The molecule has 3 heteroatoms. The van der Waals surface area contributed by atoms with E-state index in [-0.39, 0.29) is 5.91 Å². The van der Waals surface area contributed by atoms with Crippen molar-refractivity contribution in [3.8, 4) is 0 Å². The van der Waals surface area contributed by atoms with Gasteiger partial charge in [0.2, 0.25) is 0 Å². The van der Waals surface area contributed by atoms with Crippen LogP contribution in [-0.2, 0) is 0 Å². The molecule has 0 aromatic heterocycles. The van der Waals surface area contributed by atoms with Crippen molar-refractivity contribution in [1.82, 2.24) is 0 Å². The van der Waals surface area contributed by atoms with Crippen LogP contribution in [0.1, 0.15) is 17.3 Å². The van der Waals surface area contributed by atoms with Crippen molar-refractivity contribution in [2.75, 3.05) is 11.4 Å². The van der Waals surface area contributed by atoms with Crippen molar-refractivity contribution in [3.05, 3.63) is 63.7 Å². The first kappa shape index (κ1) is 13.1. The fourth-order valence-corrected chi connectivity index (χ4v) is 2.51. The van der Waals surface area contributed by atoms with Gasteiger partial charge >= 0.3 is 0 Å². The molecule has 0 saturated carbocycles. The van der Waals surface area contributed by atoms with Crippen LogP contribution in [-0.4, -0.2) is 12.5 Å². The molecule has 0 fully saturated rings. The summed E-state index contributed by atoms with van der Waals surface area (Å²) in [5.74, 6) is 0.0437. The van der Waals surface area contributed by atoms with E-state index in [0.29, 0.717) is 6.54 Å². The maximum Gasteiger partial charge on any atom is 0.258 e. The zero-order valence-corrected chi connectivity index (χ0v) is 12.3. The lowest BCUT2D eigenvalue weighted by Crippen LogP contribution is -2.31. The third kappa shape index (κ3) is 2.72. The van der Waals surface area contributed by atoms with Crippen LogP contribution in [0.2, 0.25) is 0 Å². The Kier molecular flexibility index (Phi) is 4.36. The predicted molar refractivity (Wildman–Crippen MR) is 83.0 cm³/mol. The normalized spacial score (nSPS) is 10.1. The molecule has 0 saturated heterocycles. The summed E-state index contributed by atoms with van der Waals surface area (Å²) in [6, 6.07) is 17.3. The van der Waals surface area contributed by atoms with Gasteiger partial charge in [0, 0.05) is 15.7 Å². The maximum absolute atomic E-state index is 12.5. The summed E-state index contributed by atoms with van der Waals surface area (Å²) in [5, 5.41) is 0. The summed E-state index contributed by atoms with van der Waals surface area (Å²) >= 11 is 2.26. The van der Waals surface area contributed by atoms with Crippen molar-refractivity contribution in [3.63, 3.8) is 0 Å². The van der Waals surface area contributed by atoms with Gasteiger partial charge in [0.25, 0.3) is 5.91 Å². The average Bonchev–Trinajstić information content (AvgIpc) is 2.42. The topological polar surface area (TPSA) is 20.3 Å². The van der Waals surface area contributed by atoms with E-state index >= 15 is 0 Å². The van der Waals surface area contributed by atoms with Crippen LogP contribution < -0.4 is 4.90 Å². The number of hydrogen-bond acceptors (Lipinski definition) is 1. The molecule has 0 unspecified atom stereocenters. The van der Waals surface area contributed by atoms with E-state index in [9.17, 15) is 4.79 Å². The zero-order valence-electron chi connectivity index (χ0n) is 10.1. The summed E-state index contributed by atoms with van der Waals surface area (Å²) in [6.07, 6.45) is 0. The lowest BCUT2D eigenvalue weighted by Gasteiger charge is -2.22. The Balaban J connectivity index is 2.36. The standard InChI is InChI=1S/C15H14INO/c1-2-17(14-11-7-6-10-13(14)16)15(18)12-8-4-3-5-9-12/h3-11H,2H2,1H3. The number of halogens is 1. The highest BCUT2D eigenvalue weighted by Crippen LogP contribution is 2.23. The molecule has 0 aliphatic carbocycles. The van der Waals surface area contributed by atoms with Gasteiger partial charge < -0.3 is 4.90 Å². The summed E-state index contributed by atoms with van der Waals surface area (Å²) < 4.78 is 1.08. The number of carbonyl (C=O) groups is 1. The lowest BCUT2D eigenvalue weighted by molar-refractivity contribution is 0.0988. The molecule has 0 atom stereocenters. The minimum atomic E-state index is 0.0437. The van der Waals surface area contributed by atoms with Crippen LogP contribution in [0.15, 0.2) is 54.6 Å². The molecule has 92 valence electrons. The van der Waals surface area contributed by atoms with Crippen LogP contribution in [0.3, 0.4) is 0 Å². The smallest absolute Gasteiger partial charge is 0.258 e. The highest BCUT2D eigenvalue weighted by Gasteiger charge is 2.17. The van der Waals surface area contributed by atoms with Gasteiger partial charge in [-0.25, -0.2) is 0 Å². The van der Waals surface area contributed by atoms with E-state index in [0.717, 1.165) is 14.8 Å². The minimum Gasteiger partial charge on any atom is -0.308 e. The summed E-state index contributed by atoms with van der Waals surface area (Å²) in [7, 11) is 0. The van der Waals surface area contributed by atoms with E-state index in [1.54, 1.807) is 4.90 Å². The van der Waals surface area contributed by atoms with E-state index in [4.69, 9.17) is 0 Å². The lowest BCUT2D eigenvalue weighted by atomic mass is 10.2. The number of hydrogen-bond donors (Lipinski definition) is 0. The van der Waals surface area contributed by atoms with Crippen LogP contribution >= 0.6 is 22.6 Å². The minimum absolute atomic E-state index is 0.0437. The number of carbonyl (C=O) groups excluding carboxylic acids is 1. The number of nitrogens with zero attached hydrogens (tertiary/aromatic N) is 1. The SMILES string of the molecule is CCN(C(=O)c1ccccc1)c1ccccc1I. The van der Waals surface area contributed by atoms with Gasteiger partial charge in [-0.2, -0.15) is 0 Å². The number of anilines is 1. The van der Waals surface area contributed by atoms with Crippen molar-refractivity contribution in [1.29, 1.82) is 0 Å². The van der Waals surface area contributed by atoms with Crippen LogP contribution in [0.25, 0.3) is 0 Å². The molecular weight excluding hydrogens is 337 g/mol. The van der Waals surface area contributed by atoms with Gasteiger partial charge in [-0.15, -0.1) is 0 Å². The van der Waals surface area contributed by atoms with Gasteiger partial charge in [-0.1, -0.05) is 30.3 Å². The Morgan fingerprint density at radius 3 is 2.28 bits per heavy atom. The number of benzene rings is 2. The Morgan fingerprint density at radius 1 is 1.06 bits per heavy atom. The van der Waals surface area contributed by atoms with Gasteiger partial charge in [-0.05, 0) is 53.8 Å². The fourth-order valence-electron chi connectivity index (χ4n) is 1.83.